The predicted octanol–water partition coefficient (Wildman–Crippen LogP) is 3.31. The number of aryl methyl sites for hydroxylation is 2. The minimum Gasteiger partial charge on any atom is -0.493 e. The number of benzene rings is 2. The van der Waals surface area contributed by atoms with Gasteiger partial charge in [-0.25, -0.2) is 14.2 Å². The molecule has 0 saturated heterocycles. The predicted molar refractivity (Wildman–Crippen MR) is 119 cm³/mol. The number of carbonyl (C=O) groups is 1. The van der Waals surface area contributed by atoms with E-state index in [4.69, 9.17) is 14.6 Å². The molecule has 2 aromatic carbocycles. The summed E-state index contributed by atoms with van der Waals surface area (Å²) in [5.74, 6) is -0.417. The maximum absolute atomic E-state index is 13.1. The van der Waals surface area contributed by atoms with Crippen LogP contribution in [0, 0.1) is 13.8 Å². The van der Waals surface area contributed by atoms with Gasteiger partial charge in [0.2, 0.25) is 0 Å². The van der Waals surface area contributed by atoms with Gasteiger partial charge in [-0.05, 0) is 60.9 Å². The number of aromatic nitrogens is 2. The Morgan fingerprint density at radius 3 is 2.67 bits per heavy atom. The maximum atomic E-state index is 13.1. The van der Waals surface area contributed by atoms with Gasteiger partial charge in [0.05, 0.1) is 22.7 Å². The van der Waals surface area contributed by atoms with Crippen LogP contribution in [0.3, 0.4) is 0 Å². The minimum absolute atomic E-state index is 0.141. The molecule has 0 aliphatic heterocycles. The van der Waals surface area contributed by atoms with Gasteiger partial charge in [0.1, 0.15) is 0 Å². The van der Waals surface area contributed by atoms with Crippen molar-refractivity contribution in [2.24, 2.45) is 0 Å². The van der Waals surface area contributed by atoms with Crippen molar-refractivity contribution in [3.05, 3.63) is 60.3 Å². The molecule has 0 aliphatic rings. The molecule has 9 heteroatoms. The van der Waals surface area contributed by atoms with Crippen molar-refractivity contribution in [1.82, 2.24) is 9.38 Å². The van der Waals surface area contributed by atoms with Crippen molar-refractivity contribution < 1.29 is 19.4 Å². The van der Waals surface area contributed by atoms with Gasteiger partial charge in [-0.2, -0.15) is 0 Å². The third-order valence-electron chi connectivity index (χ3n) is 4.77. The van der Waals surface area contributed by atoms with Gasteiger partial charge >= 0.3 is 5.97 Å². The second-order valence-electron chi connectivity index (χ2n) is 6.78. The first kappa shape index (κ1) is 20.4. The average Bonchev–Trinajstić information content (AvgIpc) is 3.18. The first-order valence-corrected chi connectivity index (χ1v) is 10.6. The molecule has 1 N–H and O–H groups in total. The van der Waals surface area contributed by atoms with Gasteiger partial charge in [0, 0.05) is 4.47 Å². The zero-order chi connectivity index (χ0) is 21.6. The van der Waals surface area contributed by atoms with Gasteiger partial charge in [-0.15, -0.1) is 0 Å². The third kappa shape index (κ3) is 3.54. The standard InChI is InChI=1S/C21H17BrN2O5S/c1-10-4-14-15(5-11(10)2)24-20(27)18(30-21(24)23-14)7-12-6-16(28-3)17(8-13(12)22)29-9-19(25)26/h4-8H,9H2,1-3H3,(H,25,26)/b18-7-. The number of nitrogens with zero attached hydrogens (tertiary/aromatic N) is 2. The van der Waals surface area contributed by atoms with E-state index in [1.165, 1.54) is 18.4 Å². The van der Waals surface area contributed by atoms with Crippen LogP contribution in [0.2, 0.25) is 0 Å². The molecule has 0 saturated carbocycles. The van der Waals surface area contributed by atoms with E-state index < -0.39 is 12.6 Å². The van der Waals surface area contributed by atoms with Crippen molar-refractivity contribution in [3.63, 3.8) is 0 Å². The van der Waals surface area contributed by atoms with Crippen LogP contribution in [0.15, 0.2) is 33.5 Å². The molecule has 30 heavy (non-hydrogen) atoms. The summed E-state index contributed by atoms with van der Waals surface area (Å²) in [6.45, 7) is 3.55. The summed E-state index contributed by atoms with van der Waals surface area (Å²) >= 11 is 4.77. The number of rotatable bonds is 5. The quantitative estimate of drug-likeness (QED) is 0.463. The monoisotopic (exact) mass is 488 g/mol. The highest BCUT2D eigenvalue weighted by Crippen LogP contribution is 2.34. The summed E-state index contributed by atoms with van der Waals surface area (Å²) in [4.78, 5) is 29.1. The van der Waals surface area contributed by atoms with E-state index in [2.05, 4.69) is 20.9 Å². The topological polar surface area (TPSA) is 90.1 Å². The largest absolute Gasteiger partial charge is 0.493 e. The van der Waals surface area contributed by atoms with E-state index in [1.54, 1.807) is 22.6 Å². The number of imidazole rings is 1. The molecule has 0 atom stereocenters. The molecule has 0 aliphatic carbocycles. The van der Waals surface area contributed by atoms with E-state index in [1.807, 2.05) is 26.0 Å². The third-order valence-corrected chi connectivity index (χ3v) is 6.43. The van der Waals surface area contributed by atoms with E-state index in [0.717, 1.165) is 22.2 Å². The Balaban J connectivity index is 1.85. The summed E-state index contributed by atoms with van der Waals surface area (Å²) in [5, 5.41) is 8.82. The molecule has 4 rings (SSSR count). The highest BCUT2D eigenvalue weighted by molar-refractivity contribution is 9.10. The number of carboxylic acid groups (broad SMARTS) is 1. The summed E-state index contributed by atoms with van der Waals surface area (Å²) in [6.07, 6.45) is 1.75. The first-order chi connectivity index (χ1) is 14.3. The lowest BCUT2D eigenvalue weighted by Crippen LogP contribution is -2.22. The van der Waals surface area contributed by atoms with E-state index in [-0.39, 0.29) is 5.56 Å². The van der Waals surface area contributed by atoms with Crippen LogP contribution in [0.25, 0.3) is 22.1 Å². The van der Waals surface area contributed by atoms with Crippen LogP contribution < -0.4 is 19.6 Å². The zero-order valence-electron chi connectivity index (χ0n) is 16.4. The molecular formula is C21H17BrN2O5S. The second kappa shape index (κ2) is 7.73. The van der Waals surface area contributed by atoms with Gasteiger partial charge in [0.25, 0.3) is 5.56 Å². The normalized spacial score (nSPS) is 12.1. The first-order valence-electron chi connectivity index (χ1n) is 8.94. The van der Waals surface area contributed by atoms with Crippen LogP contribution in [0.1, 0.15) is 16.7 Å². The number of carboxylic acids is 1. The fourth-order valence-electron chi connectivity index (χ4n) is 3.13. The summed E-state index contributed by atoms with van der Waals surface area (Å²) in [6, 6.07) is 7.29. The number of ether oxygens (including phenoxy) is 2. The fourth-order valence-corrected chi connectivity index (χ4v) is 4.55. The Hall–Kier alpha value is -2.91. The number of hydrogen-bond acceptors (Lipinski definition) is 6. The Morgan fingerprint density at radius 1 is 1.23 bits per heavy atom. The lowest BCUT2D eigenvalue weighted by molar-refractivity contribution is -0.139. The maximum Gasteiger partial charge on any atom is 0.341 e. The number of methoxy groups -OCH3 is 1. The molecule has 0 amide bonds. The van der Waals surface area contributed by atoms with E-state index >= 15 is 0 Å². The number of fused-ring (bicyclic) bond motifs is 3. The Bertz CT molecular complexity index is 1420. The fraction of sp³-hybridized carbons (Fsp3) is 0.190. The summed E-state index contributed by atoms with van der Waals surface area (Å²) in [5.41, 5.74) is 4.39. The molecule has 2 aromatic heterocycles. The Morgan fingerprint density at radius 2 is 1.97 bits per heavy atom. The SMILES string of the molecule is COc1cc(/C=c2\sc3nc4cc(C)c(C)cc4n3c2=O)c(Br)cc1OCC(=O)O. The highest BCUT2D eigenvalue weighted by Gasteiger charge is 2.14. The smallest absolute Gasteiger partial charge is 0.341 e. The van der Waals surface area contributed by atoms with Crippen LogP contribution in [-0.4, -0.2) is 34.2 Å². The number of aliphatic carboxylic acids is 1. The molecule has 0 fully saturated rings. The van der Waals surface area contributed by atoms with Gasteiger partial charge < -0.3 is 14.6 Å². The van der Waals surface area contributed by atoms with Crippen molar-refractivity contribution in [1.29, 1.82) is 0 Å². The molecule has 0 bridgehead atoms. The lowest BCUT2D eigenvalue weighted by Gasteiger charge is -2.11. The summed E-state index contributed by atoms with van der Waals surface area (Å²) in [7, 11) is 1.47. The van der Waals surface area contributed by atoms with Crippen LogP contribution in [0.5, 0.6) is 11.5 Å². The Labute approximate surface area is 183 Å². The molecule has 7 nitrogen and oxygen atoms in total. The highest BCUT2D eigenvalue weighted by atomic mass is 79.9. The van der Waals surface area contributed by atoms with Crippen molar-refractivity contribution in [2.75, 3.05) is 13.7 Å². The van der Waals surface area contributed by atoms with E-state index in [9.17, 15) is 9.59 Å². The van der Waals surface area contributed by atoms with Crippen LogP contribution in [0.4, 0.5) is 0 Å². The minimum atomic E-state index is -1.08. The number of halogens is 1. The average molecular weight is 489 g/mol. The van der Waals surface area contributed by atoms with E-state index in [0.29, 0.717) is 31.0 Å². The van der Waals surface area contributed by atoms with Crippen molar-refractivity contribution in [3.8, 4) is 11.5 Å². The zero-order valence-corrected chi connectivity index (χ0v) is 18.8. The molecule has 0 spiro atoms. The molecule has 4 aromatic rings. The number of hydrogen-bond donors (Lipinski definition) is 1. The van der Waals surface area contributed by atoms with Gasteiger partial charge in [-0.1, -0.05) is 27.3 Å². The van der Waals surface area contributed by atoms with Crippen molar-refractivity contribution in [2.45, 2.75) is 13.8 Å². The van der Waals surface area contributed by atoms with Gasteiger partial charge in [0.15, 0.2) is 23.1 Å². The second-order valence-corrected chi connectivity index (χ2v) is 8.64. The lowest BCUT2D eigenvalue weighted by atomic mass is 10.1. The van der Waals surface area contributed by atoms with Crippen LogP contribution in [-0.2, 0) is 4.79 Å². The van der Waals surface area contributed by atoms with Crippen molar-refractivity contribution >= 4 is 55.3 Å². The molecular weight excluding hydrogens is 472 g/mol. The molecule has 154 valence electrons. The molecule has 2 heterocycles. The van der Waals surface area contributed by atoms with Gasteiger partial charge in [-0.3, -0.25) is 4.79 Å². The molecule has 0 unspecified atom stereocenters. The Kier molecular flexibility index (Phi) is 5.25. The molecule has 0 radical (unpaired) electrons. The number of thiazole rings is 1. The summed E-state index contributed by atoms with van der Waals surface area (Å²) < 4.78 is 13.4. The van der Waals surface area contributed by atoms with Crippen LogP contribution >= 0.6 is 27.3 Å².